The predicted molar refractivity (Wildman–Crippen MR) is 74.8 cm³/mol. The first-order valence-corrected chi connectivity index (χ1v) is 6.11. The molecule has 0 saturated heterocycles. The minimum atomic E-state index is -0.455. The van der Waals surface area contributed by atoms with Crippen LogP contribution in [0.5, 0.6) is 0 Å². The summed E-state index contributed by atoms with van der Waals surface area (Å²) in [6.45, 7) is 5.59. The summed E-state index contributed by atoms with van der Waals surface area (Å²) in [6.07, 6.45) is 3.35. The third kappa shape index (κ3) is 2.46. The maximum absolute atomic E-state index is 12.0. The lowest BCUT2D eigenvalue weighted by molar-refractivity contribution is -0.123. The highest BCUT2D eigenvalue weighted by atomic mass is 35.5. The molecule has 0 aliphatic carbocycles. The van der Waals surface area contributed by atoms with Crippen LogP contribution in [0.25, 0.3) is 10.8 Å². The van der Waals surface area contributed by atoms with E-state index in [4.69, 9.17) is 11.6 Å². The van der Waals surface area contributed by atoms with E-state index in [-0.39, 0.29) is 5.91 Å². The van der Waals surface area contributed by atoms with Crippen molar-refractivity contribution in [3.63, 3.8) is 0 Å². The zero-order valence-electron chi connectivity index (χ0n) is 10.6. The molecule has 4 heteroatoms. The van der Waals surface area contributed by atoms with Crippen molar-refractivity contribution in [3.8, 4) is 0 Å². The molecule has 1 heterocycles. The van der Waals surface area contributed by atoms with E-state index in [0.29, 0.717) is 10.7 Å². The molecule has 1 N–H and O–H groups in total. The largest absolute Gasteiger partial charge is 0.324 e. The van der Waals surface area contributed by atoms with Crippen molar-refractivity contribution in [1.82, 2.24) is 4.98 Å². The Morgan fingerprint density at radius 3 is 2.67 bits per heavy atom. The Hall–Kier alpha value is -1.61. The van der Waals surface area contributed by atoms with Crippen molar-refractivity contribution in [1.29, 1.82) is 0 Å². The van der Waals surface area contributed by atoms with Crippen LogP contribution in [0.15, 0.2) is 30.6 Å². The number of fused-ring (bicyclic) bond motifs is 1. The average Bonchev–Trinajstić information content (AvgIpc) is 2.28. The van der Waals surface area contributed by atoms with Gasteiger partial charge in [-0.15, -0.1) is 0 Å². The van der Waals surface area contributed by atoms with E-state index in [1.165, 1.54) is 0 Å². The molecule has 94 valence electrons. The van der Waals surface area contributed by atoms with Crippen molar-refractivity contribution in [2.24, 2.45) is 5.41 Å². The monoisotopic (exact) mass is 262 g/mol. The smallest absolute Gasteiger partial charge is 0.229 e. The molecule has 18 heavy (non-hydrogen) atoms. The fourth-order valence-electron chi connectivity index (χ4n) is 1.59. The molecule has 0 atom stereocenters. The summed E-state index contributed by atoms with van der Waals surface area (Å²) < 4.78 is 0. The summed E-state index contributed by atoms with van der Waals surface area (Å²) in [6, 6.07) is 5.58. The van der Waals surface area contributed by atoms with Gasteiger partial charge in [0.05, 0.1) is 16.9 Å². The van der Waals surface area contributed by atoms with E-state index in [1.807, 2.05) is 32.9 Å². The van der Waals surface area contributed by atoms with E-state index >= 15 is 0 Å². The van der Waals surface area contributed by atoms with Gasteiger partial charge in [-0.25, -0.2) is 0 Å². The Labute approximate surface area is 111 Å². The highest BCUT2D eigenvalue weighted by Crippen LogP contribution is 2.30. The normalized spacial score (nSPS) is 11.6. The summed E-state index contributed by atoms with van der Waals surface area (Å²) in [4.78, 5) is 16.1. The predicted octanol–water partition coefficient (Wildman–Crippen LogP) is 3.87. The lowest BCUT2D eigenvalue weighted by atomic mass is 9.95. The van der Waals surface area contributed by atoms with Crippen LogP contribution in [-0.2, 0) is 4.79 Å². The molecule has 1 aromatic heterocycles. The summed E-state index contributed by atoms with van der Waals surface area (Å²) >= 11 is 6.18. The molecule has 3 nitrogen and oxygen atoms in total. The average molecular weight is 263 g/mol. The first kappa shape index (κ1) is 12.8. The molecule has 0 unspecified atom stereocenters. The second kappa shape index (κ2) is 4.58. The quantitative estimate of drug-likeness (QED) is 0.848. The third-order valence-electron chi connectivity index (χ3n) is 2.66. The van der Waals surface area contributed by atoms with Crippen LogP contribution in [0.4, 0.5) is 5.69 Å². The Balaban J connectivity index is 2.49. The molecule has 2 aromatic rings. The second-order valence-electron chi connectivity index (χ2n) is 5.23. The molecule has 1 amide bonds. The number of halogens is 1. The van der Waals surface area contributed by atoms with Gasteiger partial charge in [-0.1, -0.05) is 44.5 Å². The molecule has 0 saturated carbocycles. The molecule has 0 radical (unpaired) electrons. The van der Waals surface area contributed by atoms with Gasteiger partial charge >= 0.3 is 0 Å². The Morgan fingerprint density at radius 2 is 2.00 bits per heavy atom. The number of carbonyl (C=O) groups excluding carboxylic acids is 1. The van der Waals surface area contributed by atoms with Gasteiger partial charge in [0.25, 0.3) is 0 Å². The number of rotatable bonds is 1. The van der Waals surface area contributed by atoms with Gasteiger partial charge in [-0.2, -0.15) is 0 Å². The number of nitrogens with one attached hydrogen (secondary N) is 1. The molecule has 1 aromatic carbocycles. The number of carbonyl (C=O) groups is 1. The van der Waals surface area contributed by atoms with Gasteiger partial charge in [0.2, 0.25) is 5.91 Å². The number of aromatic nitrogens is 1. The third-order valence-corrected chi connectivity index (χ3v) is 2.98. The zero-order valence-corrected chi connectivity index (χ0v) is 11.4. The van der Waals surface area contributed by atoms with Crippen molar-refractivity contribution in [2.75, 3.05) is 5.32 Å². The minimum absolute atomic E-state index is 0.0586. The first-order valence-electron chi connectivity index (χ1n) is 5.73. The molecule has 0 bridgehead atoms. The molecular formula is C14H15ClN2O. The second-order valence-corrected chi connectivity index (χ2v) is 5.64. The summed E-state index contributed by atoms with van der Waals surface area (Å²) in [5, 5.41) is 5.23. The van der Waals surface area contributed by atoms with E-state index in [9.17, 15) is 4.79 Å². The fourth-order valence-corrected chi connectivity index (χ4v) is 1.88. The Morgan fingerprint density at radius 1 is 1.28 bits per heavy atom. The topological polar surface area (TPSA) is 42.0 Å². The van der Waals surface area contributed by atoms with Gasteiger partial charge in [0, 0.05) is 22.4 Å². The Kier molecular flexibility index (Phi) is 3.26. The summed E-state index contributed by atoms with van der Waals surface area (Å²) in [5.74, 6) is -0.0586. The van der Waals surface area contributed by atoms with E-state index in [0.717, 1.165) is 10.8 Å². The van der Waals surface area contributed by atoms with Gasteiger partial charge < -0.3 is 5.32 Å². The number of benzene rings is 1. The Bertz CT molecular complexity index is 597. The van der Waals surface area contributed by atoms with Gasteiger partial charge in [-0.3, -0.25) is 9.78 Å². The number of amides is 1. The highest BCUT2D eigenvalue weighted by molar-refractivity contribution is 6.36. The van der Waals surface area contributed by atoms with Gasteiger partial charge in [-0.05, 0) is 6.07 Å². The number of anilines is 1. The van der Waals surface area contributed by atoms with Gasteiger partial charge in [0.15, 0.2) is 0 Å². The first-order chi connectivity index (χ1) is 8.39. The molecular weight excluding hydrogens is 248 g/mol. The lowest BCUT2D eigenvalue weighted by Gasteiger charge is -2.18. The summed E-state index contributed by atoms with van der Waals surface area (Å²) in [5.41, 5.74) is 0.196. The molecule has 0 fully saturated rings. The number of pyridine rings is 1. The van der Waals surface area contributed by atoms with E-state index < -0.39 is 5.41 Å². The maximum atomic E-state index is 12.0. The van der Waals surface area contributed by atoms with Crippen LogP contribution in [-0.4, -0.2) is 10.9 Å². The molecule has 0 aliphatic heterocycles. The standard InChI is InChI=1S/C14H15ClN2O/c1-14(2,3)13(18)17-11-8-16-7-9-5-4-6-10(15)12(9)11/h4-8H,1-3H3,(H,17,18). The van der Waals surface area contributed by atoms with Crippen LogP contribution in [0.2, 0.25) is 5.02 Å². The van der Waals surface area contributed by atoms with Gasteiger partial charge in [0.1, 0.15) is 0 Å². The molecule has 0 aliphatic rings. The van der Waals surface area contributed by atoms with Crippen LogP contribution in [0.1, 0.15) is 20.8 Å². The maximum Gasteiger partial charge on any atom is 0.229 e. The zero-order chi connectivity index (χ0) is 13.3. The van der Waals surface area contributed by atoms with Crippen molar-refractivity contribution in [2.45, 2.75) is 20.8 Å². The summed E-state index contributed by atoms with van der Waals surface area (Å²) in [7, 11) is 0. The van der Waals surface area contributed by atoms with Crippen molar-refractivity contribution in [3.05, 3.63) is 35.6 Å². The molecule has 0 spiro atoms. The van der Waals surface area contributed by atoms with E-state index in [2.05, 4.69) is 10.3 Å². The number of hydrogen-bond donors (Lipinski definition) is 1. The number of hydrogen-bond acceptors (Lipinski definition) is 2. The van der Waals surface area contributed by atoms with Crippen LogP contribution in [0, 0.1) is 5.41 Å². The SMILES string of the molecule is CC(C)(C)C(=O)Nc1cncc2cccc(Cl)c12. The van der Waals surface area contributed by atoms with E-state index in [1.54, 1.807) is 18.5 Å². The molecule has 2 rings (SSSR count). The van der Waals surface area contributed by atoms with Crippen LogP contribution in [0.3, 0.4) is 0 Å². The fraction of sp³-hybridized carbons (Fsp3) is 0.286. The minimum Gasteiger partial charge on any atom is -0.324 e. The number of nitrogens with zero attached hydrogens (tertiary/aromatic N) is 1. The van der Waals surface area contributed by atoms with Crippen molar-refractivity contribution >= 4 is 34.0 Å². The lowest BCUT2D eigenvalue weighted by Crippen LogP contribution is -2.27. The van der Waals surface area contributed by atoms with Crippen LogP contribution < -0.4 is 5.32 Å². The van der Waals surface area contributed by atoms with Crippen LogP contribution >= 0.6 is 11.6 Å². The van der Waals surface area contributed by atoms with Crippen molar-refractivity contribution < 1.29 is 4.79 Å². The highest BCUT2D eigenvalue weighted by Gasteiger charge is 2.22.